The van der Waals surface area contributed by atoms with Crippen LogP contribution < -0.4 is 0 Å². The summed E-state index contributed by atoms with van der Waals surface area (Å²) >= 11 is 20.3. The highest BCUT2D eigenvalue weighted by molar-refractivity contribution is 7.09. The molecular formula is C14H8Cl3N3S. The summed E-state index contributed by atoms with van der Waals surface area (Å²) in [5, 5.41) is 3.85. The number of nitrogens with zero attached hydrogens (tertiary/aromatic N) is 3. The molecule has 0 saturated heterocycles. The molecule has 0 aliphatic rings. The van der Waals surface area contributed by atoms with Gasteiger partial charge in [-0.05, 0) is 13.0 Å². The first kappa shape index (κ1) is 14.7. The monoisotopic (exact) mass is 355 g/mol. The zero-order valence-corrected chi connectivity index (χ0v) is 13.9. The number of hydrogen-bond acceptors (Lipinski definition) is 4. The first-order valence-electron chi connectivity index (χ1n) is 5.96. The molecule has 0 N–H and O–H groups in total. The Morgan fingerprint density at radius 1 is 0.952 bits per heavy atom. The Bertz CT molecular complexity index is 794. The van der Waals surface area contributed by atoms with E-state index in [1.54, 1.807) is 6.07 Å². The average molecular weight is 357 g/mol. The molecule has 106 valence electrons. The van der Waals surface area contributed by atoms with Crippen LogP contribution in [0.25, 0.3) is 22.6 Å². The lowest BCUT2D eigenvalue weighted by atomic mass is 10.1. The lowest BCUT2D eigenvalue weighted by Crippen LogP contribution is -1.95. The van der Waals surface area contributed by atoms with Crippen LogP contribution in [0.4, 0.5) is 0 Å². The van der Waals surface area contributed by atoms with Crippen LogP contribution in [-0.2, 0) is 0 Å². The van der Waals surface area contributed by atoms with Crippen molar-refractivity contribution in [2.45, 2.75) is 6.92 Å². The van der Waals surface area contributed by atoms with Crippen molar-refractivity contribution >= 4 is 46.1 Å². The van der Waals surface area contributed by atoms with E-state index in [-0.39, 0.29) is 10.3 Å². The Kier molecular flexibility index (Phi) is 4.13. The first-order chi connectivity index (χ1) is 10.1. The van der Waals surface area contributed by atoms with E-state index < -0.39 is 0 Å². The maximum atomic E-state index is 6.28. The van der Waals surface area contributed by atoms with E-state index in [9.17, 15) is 0 Å². The molecular weight excluding hydrogens is 349 g/mol. The van der Waals surface area contributed by atoms with Gasteiger partial charge in [0.1, 0.15) is 16.0 Å². The van der Waals surface area contributed by atoms with Gasteiger partial charge in [0.25, 0.3) is 0 Å². The summed E-state index contributed by atoms with van der Waals surface area (Å²) in [7, 11) is 0. The maximum Gasteiger partial charge on any atom is 0.181 e. The highest BCUT2D eigenvalue weighted by Crippen LogP contribution is 2.37. The van der Waals surface area contributed by atoms with Gasteiger partial charge in [-0.1, -0.05) is 53.0 Å². The topological polar surface area (TPSA) is 38.7 Å². The Morgan fingerprint density at radius 3 is 2.19 bits per heavy atom. The minimum absolute atomic E-state index is 0.253. The van der Waals surface area contributed by atoms with E-state index in [4.69, 9.17) is 34.8 Å². The Labute approximate surface area is 140 Å². The second-order valence-corrected chi connectivity index (χ2v) is 6.42. The van der Waals surface area contributed by atoms with Crippen LogP contribution in [0.2, 0.25) is 15.3 Å². The number of halogens is 3. The van der Waals surface area contributed by atoms with Crippen LogP contribution in [0.5, 0.6) is 0 Å². The highest BCUT2D eigenvalue weighted by Gasteiger charge is 2.17. The summed E-state index contributed by atoms with van der Waals surface area (Å²) < 4.78 is 0. The standard InChI is InChI=1S/C14H8Cl3N3S/c1-7-18-10(6-21-7)14-19-12(16)11(13(17)20-14)8-4-2-3-5-9(8)15/h2-6H,1H3. The smallest absolute Gasteiger partial charge is 0.181 e. The molecule has 0 unspecified atom stereocenters. The van der Waals surface area contributed by atoms with Gasteiger partial charge in [0, 0.05) is 16.0 Å². The molecule has 0 saturated carbocycles. The molecule has 0 aliphatic heterocycles. The van der Waals surface area contributed by atoms with Gasteiger partial charge >= 0.3 is 0 Å². The van der Waals surface area contributed by atoms with E-state index in [0.29, 0.717) is 27.7 Å². The van der Waals surface area contributed by atoms with Crippen LogP contribution in [0.1, 0.15) is 5.01 Å². The maximum absolute atomic E-state index is 6.28. The van der Waals surface area contributed by atoms with Gasteiger partial charge in [0.15, 0.2) is 5.82 Å². The van der Waals surface area contributed by atoms with Gasteiger partial charge in [-0.15, -0.1) is 11.3 Å². The first-order valence-corrected chi connectivity index (χ1v) is 7.98. The third-order valence-electron chi connectivity index (χ3n) is 2.81. The van der Waals surface area contributed by atoms with Crippen molar-refractivity contribution < 1.29 is 0 Å². The number of rotatable bonds is 2. The number of thiazole rings is 1. The summed E-state index contributed by atoms with van der Waals surface area (Å²) in [6.07, 6.45) is 0. The number of hydrogen-bond donors (Lipinski definition) is 0. The predicted octanol–water partition coefficient (Wildman–Crippen LogP) is 5.54. The van der Waals surface area contributed by atoms with E-state index in [1.165, 1.54) is 11.3 Å². The quantitative estimate of drug-likeness (QED) is 0.566. The van der Waals surface area contributed by atoms with Gasteiger partial charge in [0.05, 0.1) is 10.6 Å². The van der Waals surface area contributed by atoms with Crippen molar-refractivity contribution in [3.05, 3.63) is 50.0 Å². The summed E-state index contributed by atoms with van der Waals surface area (Å²) in [5.41, 5.74) is 1.89. The number of aryl methyl sites for hydroxylation is 1. The molecule has 2 heterocycles. The molecule has 2 aromatic heterocycles. The normalized spacial score (nSPS) is 10.9. The lowest BCUT2D eigenvalue weighted by Gasteiger charge is -2.09. The SMILES string of the molecule is Cc1nc(-c2nc(Cl)c(-c3ccccc3Cl)c(Cl)n2)cs1. The molecule has 3 rings (SSSR count). The third kappa shape index (κ3) is 2.90. The second-order valence-electron chi connectivity index (χ2n) is 4.24. The molecule has 3 nitrogen and oxygen atoms in total. The van der Waals surface area contributed by atoms with Gasteiger partial charge in [-0.2, -0.15) is 0 Å². The van der Waals surface area contributed by atoms with E-state index in [1.807, 2.05) is 30.5 Å². The van der Waals surface area contributed by atoms with Crippen LogP contribution in [0, 0.1) is 6.92 Å². The Morgan fingerprint density at radius 2 is 1.62 bits per heavy atom. The molecule has 0 spiro atoms. The molecule has 21 heavy (non-hydrogen) atoms. The van der Waals surface area contributed by atoms with E-state index in [0.717, 1.165) is 5.01 Å². The fourth-order valence-corrected chi connectivity index (χ4v) is 3.29. The van der Waals surface area contributed by atoms with Gasteiger partial charge in [0.2, 0.25) is 0 Å². The molecule has 1 aromatic carbocycles. The predicted molar refractivity (Wildman–Crippen MR) is 88.3 cm³/mol. The largest absolute Gasteiger partial charge is 0.238 e. The summed E-state index contributed by atoms with van der Waals surface area (Å²) in [6.45, 7) is 1.91. The number of benzene rings is 1. The van der Waals surface area contributed by atoms with Gasteiger partial charge < -0.3 is 0 Å². The van der Waals surface area contributed by atoms with E-state index in [2.05, 4.69) is 15.0 Å². The second kappa shape index (κ2) is 5.89. The Hall–Kier alpha value is -1.20. The molecule has 0 atom stereocenters. The van der Waals surface area contributed by atoms with Crippen LogP contribution >= 0.6 is 46.1 Å². The molecule has 7 heteroatoms. The Balaban J connectivity index is 2.15. The van der Waals surface area contributed by atoms with Crippen molar-refractivity contribution in [2.75, 3.05) is 0 Å². The average Bonchev–Trinajstić information content (AvgIpc) is 2.87. The van der Waals surface area contributed by atoms with Gasteiger partial charge in [-0.3, -0.25) is 0 Å². The fourth-order valence-electron chi connectivity index (χ4n) is 1.87. The lowest BCUT2D eigenvalue weighted by molar-refractivity contribution is 1.14. The van der Waals surface area contributed by atoms with E-state index >= 15 is 0 Å². The minimum Gasteiger partial charge on any atom is -0.238 e. The van der Waals surface area contributed by atoms with Crippen LogP contribution in [0.15, 0.2) is 29.6 Å². The summed E-state index contributed by atoms with van der Waals surface area (Å²) in [6, 6.07) is 7.28. The van der Waals surface area contributed by atoms with Crippen molar-refractivity contribution in [1.29, 1.82) is 0 Å². The zero-order chi connectivity index (χ0) is 15.0. The molecule has 0 fully saturated rings. The number of aromatic nitrogens is 3. The van der Waals surface area contributed by atoms with Crippen molar-refractivity contribution in [2.24, 2.45) is 0 Å². The minimum atomic E-state index is 0.253. The van der Waals surface area contributed by atoms with Crippen LogP contribution in [0.3, 0.4) is 0 Å². The molecule has 0 radical (unpaired) electrons. The third-order valence-corrected chi connectivity index (χ3v) is 4.46. The van der Waals surface area contributed by atoms with Crippen molar-refractivity contribution in [3.63, 3.8) is 0 Å². The van der Waals surface area contributed by atoms with Crippen molar-refractivity contribution in [3.8, 4) is 22.6 Å². The highest BCUT2D eigenvalue weighted by atomic mass is 35.5. The van der Waals surface area contributed by atoms with Crippen molar-refractivity contribution in [1.82, 2.24) is 15.0 Å². The summed E-state index contributed by atoms with van der Waals surface area (Å²) in [4.78, 5) is 12.9. The molecule has 0 bridgehead atoms. The van der Waals surface area contributed by atoms with Gasteiger partial charge in [-0.25, -0.2) is 15.0 Å². The zero-order valence-electron chi connectivity index (χ0n) is 10.8. The van der Waals surface area contributed by atoms with Crippen LogP contribution in [-0.4, -0.2) is 15.0 Å². The molecule has 0 amide bonds. The molecule has 0 aliphatic carbocycles. The fraction of sp³-hybridized carbons (Fsp3) is 0.0714. The summed E-state index contributed by atoms with van der Waals surface area (Å²) in [5.74, 6) is 0.408. The molecule has 3 aromatic rings.